The van der Waals surface area contributed by atoms with Gasteiger partial charge in [-0.2, -0.15) is 0 Å². The van der Waals surface area contributed by atoms with E-state index in [9.17, 15) is 0 Å². The first kappa shape index (κ1) is 17.0. The lowest BCUT2D eigenvalue weighted by atomic mass is 10.2. The molecule has 0 aliphatic heterocycles. The second-order valence-electron chi connectivity index (χ2n) is 4.16. The van der Waals surface area contributed by atoms with Crippen molar-refractivity contribution in [3.05, 3.63) is 26.6 Å². The summed E-state index contributed by atoms with van der Waals surface area (Å²) < 4.78 is 13.1. The summed E-state index contributed by atoms with van der Waals surface area (Å²) in [7, 11) is 1.67. The zero-order valence-corrected chi connectivity index (χ0v) is 14.9. The number of ether oxygens (including phenoxy) is 2. The van der Waals surface area contributed by atoms with Gasteiger partial charge in [0.1, 0.15) is 5.75 Å². The van der Waals surface area contributed by atoms with Crippen molar-refractivity contribution < 1.29 is 9.47 Å². The lowest BCUT2D eigenvalue weighted by Crippen LogP contribution is -2.27. The highest BCUT2D eigenvalue weighted by molar-refractivity contribution is 9.11. The van der Waals surface area contributed by atoms with E-state index >= 15 is 0 Å². The smallest absolute Gasteiger partial charge is 0.138 e. The highest BCUT2D eigenvalue weighted by Crippen LogP contribution is 2.33. The van der Waals surface area contributed by atoms with E-state index in [4.69, 9.17) is 9.47 Å². The molecule has 0 saturated heterocycles. The Balaban J connectivity index is 2.53. The van der Waals surface area contributed by atoms with Crippen LogP contribution in [0.25, 0.3) is 0 Å². The fourth-order valence-corrected chi connectivity index (χ4v) is 3.34. The maximum Gasteiger partial charge on any atom is 0.138 e. The van der Waals surface area contributed by atoms with E-state index < -0.39 is 0 Å². The molecule has 0 N–H and O–H groups in total. The lowest BCUT2D eigenvalue weighted by Gasteiger charge is -2.18. The molecule has 5 heteroatoms. The van der Waals surface area contributed by atoms with E-state index in [0.29, 0.717) is 6.61 Å². The molecule has 1 rings (SSSR count). The Kier molecular flexibility index (Phi) is 7.99. The first-order valence-electron chi connectivity index (χ1n) is 6.44. The molecule has 108 valence electrons. The molecule has 0 fully saturated rings. The third kappa shape index (κ3) is 5.42. The summed E-state index contributed by atoms with van der Waals surface area (Å²) in [5.41, 5.74) is 1.04. The zero-order valence-electron chi connectivity index (χ0n) is 11.7. The molecule has 0 bridgehead atoms. The van der Waals surface area contributed by atoms with Crippen molar-refractivity contribution >= 4 is 31.9 Å². The van der Waals surface area contributed by atoms with Crippen LogP contribution >= 0.6 is 31.9 Å². The predicted octanol–water partition coefficient (Wildman–Crippen LogP) is 4.08. The van der Waals surface area contributed by atoms with Crippen LogP contribution in [-0.2, 0) is 11.3 Å². The summed E-state index contributed by atoms with van der Waals surface area (Å²) in [5.74, 6) is 0.839. The highest BCUT2D eigenvalue weighted by atomic mass is 79.9. The SMILES string of the molecule is CCN(CC)CCOCc1cc(Br)cc(Br)c1OC. The Morgan fingerprint density at radius 3 is 2.42 bits per heavy atom. The Morgan fingerprint density at radius 2 is 1.84 bits per heavy atom. The number of hydrogen-bond acceptors (Lipinski definition) is 3. The topological polar surface area (TPSA) is 21.7 Å². The Hall–Kier alpha value is -0.100. The van der Waals surface area contributed by atoms with Crippen LogP contribution in [-0.4, -0.2) is 38.3 Å². The molecule has 1 aromatic carbocycles. The van der Waals surface area contributed by atoms with E-state index in [1.54, 1.807) is 7.11 Å². The van der Waals surface area contributed by atoms with E-state index in [0.717, 1.165) is 46.5 Å². The second kappa shape index (κ2) is 8.95. The molecule has 1 aromatic rings. The molecular weight excluding hydrogens is 374 g/mol. The predicted molar refractivity (Wildman–Crippen MR) is 85.8 cm³/mol. The van der Waals surface area contributed by atoms with Crippen LogP contribution in [0.1, 0.15) is 19.4 Å². The first-order valence-corrected chi connectivity index (χ1v) is 8.02. The number of likely N-dealkylation sites (N-methyl/N-ethyl adjacent to an activating group) is 1. The van der Waals surface area contributed by atoms with Gasteiger partial charge in [-0.1, -0.05) is 29.8 Å². The molecule has 0 aliphatic carbocycles. The standard InChI is InChI=1S/C14H21Br2NO2/c1-4-17(5-2)6-7-19-10-11-8-12(15)9-13(16)14(11)18-3/h8-9H,4-7,10H2,1-3H3. The number of rotatable bonds is 8. The van der Waals surface area contributed by atoms with Gasteiger partial charge in [-0.05, 0) is 41.2 Å². The fraction of sp³-hybridized carbons (Fsp3) is 0.571. The van der Waals surface area contributed by atoms with E-state index in [2.05, 4.69) is 50.6 Å². The lowest BCUT2D eigenvalue weighted by molar-refractivity contribution is 0.0942. The van der Waals surface area contributed by atoms with Crippen LogP contribution in [0.5, 0.6) is 5.75 Å². The van der Waals surface area contributed by atoms with Gasteiger partial charge in [0.05, 0.1) is 24.8 Å². The summed E-state index contributed by atoms with van der Waals surface area (Å²) in [6.07, 6.45) is 0. The molecule has 0 aliphatic rings. The summed E-state index contributed by atoms with van der Waals surface area (Å²) in [5, 5.41) is 0. The minimum atomic E-state index is 0.558. The fourth-order valence-electron chi connectivity index (χ4n) is 1.87. The zero-order chi connectivity index (χ0) is 14.3. The molecule has 0 amide bonds. The molecular formula is C14H21Br2NO2. The Morgan fingerprint density at radius 1 is 1.16 bits per heavy atom. The van der Waals surface area contributed by atoms with Crippen molar-refractivity contribution in [3.8, 4) is 5.75 Å². The molecule has 0 unspecified atom stereocenters. The van der Waals surface area contributed by atoms with Crippen molar-refractivity contribution in [2.24, 2.45) is 0 Å². The quantitative estimate of drug-likeness (QED) is 0.620. The van der Waals surface area contributed by atoms with Crippen molar-refractivity contribution in [3.63, 3.8) is 0 Å². The number of benzene rings is 1. The van der Waals surface area contributed by atoms with Gasteiger partial charge < -0.3 is 14.4 Å². The van der Waals surface area contributed by atoms with Crippen LogP contribution in [0, 0.1) is 0 Å². The third-order valence-electron chi connectivity index (χ3n) is 2.99. The molecule has 0 saturated carbocycles. The van der Waals surface area contributed by atoms with Gasteiger partial charge in [-0.25, -0.2) is 0 Å². The van der Waals surface area contributed by atoms with Crippen molar-refractivity contribution in [2.45, 2.75) is 20.5 Å². The van der Waals surface area contributed by atoms with E-state index in [-0.39, 0.29) is 0 Å². The Labute approximate surface area is 132 Å². The molecule has 0 radical (unpaired) electrons. The molecule has 3 nitrogen and oxygen atoms in total. The van der Waals surface area contributed by atoms with Crippen LogP contribution in [0.4, 0.5) is 0 Å². The number of nitrogens with zero attached hydrogens (tertiary/aromatic N) is 1. The van der Waals surface area contributed by atoms with E-state index in [1.807, 2.05) is 12.1 Å². The second-order valence-corrected chi connectivity index (χ2v) is 5.93. The van der Waals surface area contributed by atoms with Gasteiger partial charge in [-0.3, -0.25) is 0 Å². The molecule has 19 heavy (non-hydrogen) atoms. The van der Waals surface area contributed by atoms with Crippen LogP contribution in [0.2, 0.25) is 0 Å². The minimum absolute atomic E-state index is 0.558. The van der Waals surface area contributed by atoms with Crippen molar-refractivity contribution in [1.29, 1.82) is 0 Å². The monoisotopic (exact) mass is 393 g/mol. The molecule has 0 spiro atoms. The first-order chi connectivity index (χ1) is 9.12. The van der Waals surface area contributed by atoms with Crippen LogP contribution in [0.3, 0.4) is 0 Å². The summed E-state index contributed by atoms with van der Waals surface area (Å²) in [6, 6.07) is 4.00. The van der Waals surface area contributed by atoms with Crippen molar-refractivity contribution in [1.82, 2.24) is 4.90 Å². The van der Waals surface area contributed by atoms with Gasteiger partial charge in [-0.15, -0.1) is 0 Å². The summed E-state index contributed by atoms with van der Waals surface area (Å²) in [4.78, 5) is 2.34. The minimum Gasteiger partial charge on any atom is -0.495 e. The van der Waals surface area contributed by atoms with Gasteiger partial charge in [0.15, 0.2) is 0 Å². The van der Waals surface area contributed by atoms with E-state index in [1.165, 1.54) is 0 Å². The molecule has 0 aromatic heterocycles. The summed E-state index contributed by atoms with van der Waals surface area (Å²) in [6.45, 7) is 8.70. The average molecular weight is 395 g/mol. The maximum absolute atomic E-state index is 5.74. The largest absolute Gasteiger partial charge is 0.495 e. The van der Waals surface area contributed by atoms with Crippen molar-refractivity contribution in [2.75, 3.05) is 33.4 Å². The normalized spacial score (nSPS) is 11.1. The molecule has 0 heterocycles. The Bertz CT molecular complexity index is 395. The highest BCUT2D eigenvalue weighted by Gasteiger charge is 2.09. The van der Waals surface area contributed by atoms with Crippen LogP contribution in [0.15, 0.2) is 21.1 Å². The maximum atomic E-state index is 5.74. The van der Waals surface area contributed by atoms with Gasteiger partial charge in [0.25, 0.3) is 0 Å². The molecule has 0 atom stereocenters. The van der Waals surface area contributed by atoms with Gasteiger partial charge >= 0.3 is 0 Å². The summed E-state index contributed by atoms with van der Waals surface area (Å²) >= 11 is 6.98. The number of halogens is 2. The number of hydrogen-bond donors (Lipinski definition) is 0. The van der Waals surface area contributed by atoms with Crippen LogP contribution < -0.4 is 4.74 Å². The third-order valence-corrected chi connectivity index (χ3v) is 4.04. The van der Waals surface area contributed by atoms with Gasteiger partial charge in [0.2, 0.25) is 0 Å². The average Bonchev–Trinajstić information content (AvgIpc) is 2.38. The van der Waals surface area contributed by atoms with Gasteiger partial charge in [0, 0.05) is 16.6 Å². The number of methoxy groups -OCH3 is 1.